The van der Waals surface area contributed by atoms with Gasteiger partial charge in [-0.05, 0) is 42.9 Å². The van der Waals surface area contributed by atoms with Crippen LogP contribution >= 0.6 is 23.6 Å². The van der Waals surface area contributed by atoms with E-state index in [1.54, 1.807) is 11.3 Å². The Morgan fingerprint density at radius 3 is 3.15 bits per heavy atom. The average Bonchev–Trinajstić information content (AvgIpc) is 3.10. The van der Waals surface area contributed by atoms with Crippen molar-refractivity contribution in [2.45, 2.75) is 45.3 Å². The van der Waals surface area contributed by atoms with Crippen LogP contribution in [0, 0.1) is 4.77 Å². The van der Waals surface area contributed by atoms with E-state index in [2.05, 4.69) is 33.4 Å². The van der Waals surface area contributed by atoms with Gasteiger partial charge in [0.1, 0.15) is 0 Å². The van der Waals surface area contributed by atoms with E-state index in [1.807, 2.05) is 10.7 Å². The molecule has 3 heterocycles. The van der Waals surface area contributed by atoms with Crippen LogP contribution in [0.15, 0.2) is 17.5 Å². The summed E-state index contributed by atoms with van der Waals surface area (Å²) in [6, 6.07) is 4.78. The van der Waals surface area contributed by atoms with Gasteiger partial charge in [0.05, 0.1) is 11.5 Å². The maximum absolute atomic E-state index is 5.39. The van der Waals surface area contributed by atoms with Crippen molar-refractivity contribution in [3.05, 3.63) is 22.3 Å². The lowest BCUT2D eigenvalue weighted by Gasteiger charge is -2.34. The van der Waals surface area contributed by atoms with Gasteiger partial charge in [0.2, 0.25) is 4.77 Å². The van der Waals surface area contributed by atoms with Gasteiger partial charge in [0, 0.05) is 12.6 Å². The summed E-state index contributed by atoms with van der Waals surface area (Å²) in [5.74, 6) is 0.884. The van der Waals surface area contributed by atoms with E-state index < -0.39 is 0 Å². The molecule has 1 atom stereocenters. The molecule has 2 aromatic rings. The van der Waals surface area contributed by atoms with Crippen molar-refractivity contribution in [1.82, 2.24) is 19.7 Å². The summed E-state index contributed by atoms with van der Waals surface area (Å²) in [4.78, 5) is 8.14. The van der Waals surface area contributed by atoms with Crippen LogP contribution in [-0.4, -0.2) is 32.3 Å². The number of aromatic nitrogens is 3. The van der Waals surface area contributed by atoms with Gasteiger partial charge in [-0.1, -0.05) is 19.4 Å². The van der Waals surface area contributed by atoms with Crippen molar-refractivity contribution >= 4 is 23.6 Å². The molecule has 0 bridgehead atoms. The van der Waals surface area contributed by atoms with Gasteiger partial charge >= 0.3 is 0 Å². The lowest BCUT2D eigenvalue weighted by atomic mass is 10.0. The number of thiophene rings is 1. The molecule has 0 amide bonds. The number of aromatic amines is 1. The Labute approximate surface area is 128 Å². The molecular weight excluding hydrogens is 288 g/mol. The SMILES string of the molecule is CC[C@H]1CCCCN1Cn1[nH]c(-c2cccs2)nc1=S. The minimum Gasteiger partial charge on any atom is -0.281 e. The molecule has 1 aliphatic rings. The quantitative estimate of drug-likeness (QED) is 0.871. The van der Waals surface area contributed by atoms with E-state index >= 15 is 0 Å². The van der Waals surface area contributed by atoms with Crippen LogP contribution < -0.4 is 0 Å². The van der Waals surface area contributed by atoms with Gasteiger partial charge in [0.15, 0.2) is 5.82 Å². The predicted octanol–water partition coefficient (Wildman–Crippen LogP) is 3.89. The second kappa shape index (κ2) is 6.20. The van der Waals surface area contributed by atoms with Crippen LogP contribution in [0.1, 0.15) is 32.6 Å². The van der Waals surface area contributed by atoms with Crippen molar-refractivity contribution in [1.29, 1.82) is 0 Å². The highest BCUT2D eigenvalue weighted by Gasteiger charge is 2.21. The lowest BCUT2D eigenvalue weighted by Crippen LogP contribution is -2.40. The molecule has 20 heavy (non-hydrogen) atoms. The molecule has 4 nitrogen and oxygen atoms in total. The first-order valence-electron chi connectivity index (χ1n) is 7.22. The molecule has 6 heteroatoms. The standard InChI is InChI=1S/C14H20N4S2/c1-2-11-6-3-4-8-17(11)10-18-14(19)15-13(16-18)12-7-5-9-20-12/h5,7,9,11H,2-4,6,8,10H2,1H3,(H,15,16,19)/t11-/m0/s1. The minimum absolute atomic E-state index is 0.647. The zero-order valence-corrected chi connectivity index (χ0v) is 13.3. The Bertz CT molecular complexity index is 599. The van der Waals surface area contributed by atoms with Crippen LogP contribution in [0.3, 0.4) is 0 Å². The average molecular weight is 308 g/mol. The summed E-state index contributed by atoms with van der Waals surface area (Å²) < 4.78 is 2.65. The van der Waals surface area contributed by atoms with Crippen molar-refractivity contribution in [2.24, 2.45) is 0 Å². The molecule has 1 fully saturated rings. The number of hydrogen-bond acceptors (Lipinski definition) is 4. The van der Waals surface area contributed by atoms with E-state index in [-0.39, 0.29) is 0 Å². The molecule has 2 aromatic heterocycles. The van der Waals surface area contributed by atoms with Gasteiger partial charge in [-0.2, -0.15) is 4.98 Å². The van der Waals surface area contributed by atoms with Crippen molar-refractivity contribution in [3.8, 4) is 10.7 Å². The van der Waals surface area contributed by atoms with Crippen LogP contribution in [0.5, 0.6) is 0 Å². The third-order valence-electron chi connectivity index (χ3n) is 3.98. The van der Waals surface area contributed by atoms with Crippen molar-refractivity contribution in [2.75, 3.05) is 6.54 Å². The molecule has 1 aliphatic heterocycles. The third kappa shape index (κ3) is 2.87. The fourth-order valence-electron chi connectivity index (χ4n) is 2.87. The number of rotatable bonds is 4. The number of piperidine rings is 1. The highest BCUT2D eigenvalue weighted by molar-refractivity contribution is 7.71. The maximum Gasteiger partial charge on any atom is 0.217 e. The molecule has 0 aromatic carbocycles. The van der Waals surface area contributed by atoms with E-state index in [4.69, 9.17) is 12.2 Å². The Balaban J connectivity index is 1.79. The minimum atomic E-state index is 0.647. The zero-order chi connectivity index (χ0) is 13.9. The molecule has 0 spiro atoms. The number of nitrogens with one attached hydrogen (secondary N) is 1. The Morgan fingerprint density at radius 1 is 1.50 bits per heavy atom. The van der Waals surface area contributed by atoms with E-state index in [0.717, 1.165) is 23.9 Å². The molecule has 3 rings (SSSR count). The molecule has 0 saturated carbocycles. The molecule has 0 radical (unpaired) electrons. The second-order valence-electron chi connectivity index (χ2n) is 5.27. The largest absolute Gasteiger partial charge is 0.281 e. The van der Waals surface area contributed by atoms with Crippen LogP contribution in [-0.2, 0) is 6.67 Å². The highest BCUT2D eigenvalue weighted by atomic mass is 32.1. The third-order valence-corrected chi connectivity index (χ3v) is 5.17. The number of hydrogen-bond donors (Lipinski definition) is 1. The highest BCUT2D eigenvalue weighted by Crippen LogP contribution is 2.22. The smallest absolute Gasteiger partial charge is 0.217 e. The summed E-state index contributed by atoms with van der Waals surface area (Å²) in [5, 5.41) is 5.40. The molecule has 0 aliphatic carbocycles. The Hall–Kier alpha value is -0.980. The Kier molecular flexibility index (Phi) is 4.33. The summed E-state index contributed by atoms with van der Waals surface area (Å²) >= 11 is 7.07. The fourth-order valence-corrected chi connectivity index (χ4v) is 3.72. The normalized spacial score (nSPS) is 20.4. The van der Waals surface area contributed by atoms with Gasteiger partial charge in [-0.3, -0.25) is 10.00 Å². The summed E-state index contributed by atoms with van der Waals surface area (Å²) in [6.07, 6.45) is 5.15. The van der Waals surface area contributed by atoms with E-state index in [0.29, 0.717) is 10.8 Å². The summed E-state index contributed by atoms with van der Waals surface area (Å²) in [5.41, 5.74) is 0. The molecule has 1 saturated heterocycles. The van der Waals surface area contributed by atoms with Gasteiger partial charge in [-0.15, -0.1) is 11.3 Å². The molecule has 108 valence electrons. The molecule has 1 N–H and O–H groups in total. The fraction of sp³-hybridized carbons (Fsp3) is 0.571. The van der Waals surface area contributed by atoms with Crippen molar-refractivity contribution in [3.63, 3.8) is 0 Å². The second-order valence-corrected chi connectivity index (χ2v) is 6.58. The van der Waals surface area contributed by atoms with Crippen LogP contribution in [0.2, 0.25) is 0 Å². The topological polar surface area (TPSA) is 36.9 Å². The maximum atomic E-state index is 5.39. The van der Waals surface area contributed by atoms with Gasteiger partial charge in [0.25, 0.3) is 0 Å². The van der Waals surface area contributed by atoms with Gasteiger partial charge in [-0.25, -0.2) is 4.68 Å². The summed E-state index contributed by atoms with van der Waals surface area (Å²) in [6.45, 7) is 4.26. The number of likely N-dealkylation sites (tertiary alicyclic amines) is 1. The van der Waals surface area contributed by atoms with Crippen LogP contribution in [0.4, 0.5) is 0 Å². The molecule has 0 unspecified atom stereocenters. The number of H-pyrrole nitrogens is 1. The van der Waals surface area contributed by atoms with Gasteiger partial charge < -0.3 is 0 Å². The monoisotopic (exact) mass is 308 g/mol. The first-order chi connectivity index (χ1) is 9.78. The zero-order valence-electron chi connectivity index (χ0n) is 11.7. The number of nitrogens with zero attached hydrogens (tertiary/aromatic N) is 3. The first-order valence-corrected chi connectivity index (χ1v) is 8.51. The predicted molar refractivity (Wildman–Crippen MR) is 85.4 cm³/mol. The van der Waals surface area contributed by atoms with E-state index in [9.17, 15) is 0 Å². The lowest BCUT2D eigenvalue weighted by molar-refractivity contribution is 0.101. The van der Waals surface area contributed by atoms with Crippen LogP contribution in [0.25, 0.3) is 10.7 Å². The first kappa shape index (κ1) is 14.0. The van der Waals surface area contributed by atoms with E-state index in [1.165, 1.54) is 25.7 Å². The molecular formula is C14H20N4S2. The Morgan fingerprint density at radius 2 is 2.40 bits per heavy atom. The summed E-state index contributed by atoms with van der Waals surface area (Å²) in [7, 11) is 0. The van der Waals surface area contributed by atoms with Crippen molar-refractivity contribution < 1.29 is 0 Å².